The second kappa shape index (κ2) is 8.54. The van der Waals surface area contributed by atoms with Crippen molar-refractivity contribution in [3.8, 4) is 0 Å². The zero-order valence-electron chi connectivity index (χ0n) is 24.7. The summed E-state index contributed by atoms with van der Waals surface area (Å²) in [6, 6.07) is 0. The Hall–Kier alpha value is -1.44. The number of carboxylic acids is 2. The molecular formula is C32H50O7. The van der Waals surface area contributed by atoms with Crippen molar-refractivity contribution in [1.29, 1.82) is 0 Å². The van der Waals surface area contributed by atoms with Crippen LogP contribution in [0.3, 0.4) is 0 Å². The lowest BCUT2D eigenvalue weighted by molar-refractivity contribution is -0.356. The Morgan fingerprint density at radius 1 is 0.846 bits per heavy atom. The molecule has 0 spiro atoms. The zero-order chi connectivity index (χ0) is 29.0. The second-order valence-electron chi connectivity index (χ2n) is 16.1. The van der Waals surface area contributed by atoms with Gasteiger partial charge in [0.25, 0.3) is 0 Å². The van der Waals surface area contributed by atoms with E-state index in [2.05, 4.69) is 40.7 Å². The standard InChI is InChI=1S/C32H50O7/c1-26(2)11-13-31(18-25(36)37)14-12-28(4)19(20(31)15-26)7-8-21-27(3)16-23(33)32(38,39)30(6,17-24(34)35)22(27)9-10-29(21,28)5/h7,20-23,33,38-39H,8-18H2,1-6H3,(H,34,35)(H,36,37)/t20-,21-,22?,23?,27-,28-,29-,30?,31-/m1/s1. The molecule has 7 heteroatoms. The molecule has 5 N–H and O–H groups in total. The highest BCUT2D eigenvalue weighted by molar-refractivity contribution is 5.68. The number of fused-ring (bicyclic) bond motifs is 7. The number of carbonyl (C=O) groups is 2. The molecule has 3 unspecified atom stereocenters. The Labute approximate surface area is 233 Å². The fourth-order valence-electron chi connectivity index (χ4n) is 11.4. The molecule has 0 aromatic rings. The van der Waals surface area contributed by atoms with Crippen LogP contribution >= 0.6 is 0 Å². The Bertz CT molecular complexity index is 1090. The van der Waals surface area contributed by atoms with Crippen LogP contribution in [0, 0.1) is 50.2 Å². The van der Waals surface area contributed by atoms with Gasteiger partial charge in [-0.25, -0.2) is 0 Å². The highest BCUT2D eigenvalue weighted by Crippen LogP contribution is 2.76. The van der Waals surface area contributed by atoms with Crippen LogP contribution in [0.4, 0.5) is 0 Å². The highest BCUT2D eigenvalue weighted by Gasteiger charge is 2.72. The summed E-state index contributed by atoms with van der Waals surface area (Å²) in [5.74, 6) is -4.16. The predicted octanol–water partition coefficient (Wildman–Crippen LogP) is 5.37. The first kappa shape index (κ1) is 29.1. The molecule has 4 fully saturated rings. The number of allylic oxidation sites excluding steroid dienone is 2. The van der Waals surface area contributed by atoms with Crippen LogP contribution in [-0.2, 0) is 9.59 Å². The van der Waals surface area contributed by atoms with Gasteiger partial charge in [-0.05, 0) is 103 Å². The number of aliphatic hydroxyl groups excluding tert-OH is 1. The smallest absolute Gasteiger partial charge is 0.304 e. The third-order valence-electron chi connectivity index (χ3n) is 13.8. The Balaban J connectivity index is 1.60. The van der Waals surface area contributed by atoms with Gasteiger partial charge in [0.15, 0.2) is 5.79 Å². The first-order valence-corrected chi connectivity index (χ1v) is 15.1. The summed E-state index contributed by atoms with van der Waals surface area (Å²) in [7, 11) is 0. The van der Waals surface area contributed by atoms with E-state index in [4.69, 9.17) is 0 Å². The molecule has 0 saturated heterocycles. The summed E-state index contributed by atoms with van der Waals surface area (Å²) in [5.41, 5.74) is -0.728. The summed E-state index contributed by atoms with van der Waals surface area (Å²) in [5, 5.41) is 53.1. The van der Waals surface area contributed by atoms with E-state index in [1.54, 1.807) is 6.92 Å². The normalized spacial score (nSPS) is 49.9. The number of rotatable bonds is 4. The molecular weight excluding hydrogens is 496 g/mol. The Morgan fingerprint density at radius 2 is 1.46 bits per heavy atom. The molecule has 0 heterocycles. The van der Waals surface area contributed by atoms with Crippen LogP contribution in [0.15, 0.2) is 11.6 Å². The van der Waals surface area contributed by atoms with Crippen molar-refractivity contribution in [2.75, 3.05) is 0 Å². The number of hydrogen-bond acceptors (Lipinski definition) is 5. The topological polar surface area (TPSA) is 135 Å². The maximum Gasteiger partial charge on any atom is 0.304 e. The molecule has 39 heavy (non-hydrogen) atoms. The van der Waals surface area contributed by atoms with Gasteiger partial charge in [-0.15, -0.1) is 0 Å². The molecule has 5 aliphatic rings. The molecule has 7 nitrogen and oxygen atoms in total. The van der Waals surface area contributed by atoms with Crippen molar-refractivity contribution < 1.29 is 35.1 Å². The third kappa shape index (κ3) is 3.77. The average Bonchev–Trinajstić information content (AvgIpc) is 2.78. The van der Waals surface area contributed by atoms with Crippen molar-refractivity contribution in [1.82, 2.24) is 0 Å². The van der Waals surface area contributed by atoms with Crippen molar-refractivity contribution in [3.63, 3.8) is 0 Å². The van der Waals surface area contributed by atoms with Gasteiger partial charge in [-0.1, -0.05) is 53.2 Å². The average molecular weight is 547 g/mol. The molecule has 0 bridgehead atoms. The van der Waals surface area contributed by atoms with Crippen molar-refractivity contribution in [3.05, 3.63) is 11.6 Å². The van der Waals surface area contributed by atoms with E-state index >= 15 is 0 Å². The number of hydrogen-bond donors (Lipinski definition) is 5. The number of aliphatic carboxylic acids is 2. The first-order chi connectivity index (χ1) is 17.8. The van der Waals surface area contributed by atoms with E-state index < -0.39 is 41.1 Å². The molecule has 0 aliphatic heterocycles. The lowest BCUT2D eigenvalue weighted by Crippen LogP contribution is -2.71. The monoisotopic (exact) mass is 546 g/mol. The Kier molecular flexibility index (Phi) is 6.37. The zero-order valence-corrected chi connectivity index (χ0v) is 24.7. The maximum absolute atomic E-state index is 12.1. The lowest BCUT2D eigenvalue weighted by Gasteiger charge is -2.72. The highest BCUT2D eigenvalue weighted by atomic mass is 16.5. The first-order valence-electron chi connectivity index (χ1n) is 15.1. The molecule has 0 amide bonds. The molecule has 9 atom stereocenters. The van der Waals surface area contributed by atoms with Gasteiger partial charge in [0, 0.05) is 5.41 Å². The van der Waals surface area contributed by atoms with Gasteiger partial charge in [-0.2, -0.15) is 0 Å². The van der Waals surface area contributed by atoms with E-state index in [1.165, 1.54) is 5.57 Å². The molecule has 0 aromatic heterocycles. The maximum atomic E-state index is 12.1. The van der Waals surface area contributed by atoms with Gasteiger partial charge < -0.3 is 25.5 Å². The summed E-state index contributed by atoms with van der Waals surface area (Å²) in [6.45, 7) is 13.2. The van der Waals surface area contributed by atoms with E-state index in [0.29, 0.717) is 6.42 Å². The molecule has 0 radical (unpaired) electrons. The van der Waals surface area contributed by atoms with Crippen LogP contribution in [0.5, 0.6) is 0 Å². The van der Waals surface area contributed by atoms with Crippen LogP contribution in [0.25, 0.3) is 0 Å². The van der Waals surface area contributed by atoms with E-state index in [1.807, 2.05) is 0 Å². The van der Waals surface area contributed by atoms with Crippen molar-refractivity contribution in [2.24, 2.45) is 50.2 Å². The van der Waals surface area contributed by atoms with Gasteiger partial charge in [0.1, 0.15) is 6.10 Å². The minimum Gasteiger partial charge on any atom is -0.481 e. The summed E-state index contributed by atoms with van der Waals surface area (Å²) < 4.78 is 0. The third-order valence-corrected chi connectivity index (χ3v) is 13.8. The van der Waals surface area contributed by atoms with Crippen LogP contribution in [0.2, 0.25) is 0 Å². The molecule has 5 rings (SSSR count). The van der Waals surface area contributed by atoms with E-state index in [0.717, 1.165) is 44.9 Å². The predicted molar refractivity (Wildman–Crippen MR) is 146 cm³/mol. The number of carboxylic acid groups (broad SMARTS) is 2. The quantitative estimate of drug-likeness (QED) is 0.236. The fourth-order valence-corrected chi connectivity index (χ4v) is 11.4. The summed E-state index contributed by atoms with van der Waals surface area (Å²) in [4.78, 5) is 24.1. The Morgan fingerprint density at radius 3 is 2.08 bits per heavy atom. The largest absolute Gasteiger partial charge is 0.481 e. The van der Waals surface area contributed by atoms with Gasteiger partial charge in [0.05, 0.1) is 12.8 Å². The molecule has 4 saturated carbocycles. The van der Waals surface area contributed by atoms with Crippen LogP contribution in [-0.4, -0.2) is 49.4 Å². The van der Waals surface area contributed by atoms with Gasteiger partial charge >= 0.3 is 11.9 Å². The van der Waals surface area contributed by atoms with Crippen molar-refractivity contribution in [2.45, 2.75) is 124 Å². The van der Waals surface area contributed by atoms with Gasteiger partial charge in [-0.3, -0.25) is 9.59 Å². The minimum absolute atomic E-state index is 0.131. The van der Waals surface area contributed by atoms with Gasteiger partial charge in [0.2, 0.25) is 0 Å². The SMILES string of the molecule is CC1(C)CC[C@]2(CC(=O)O)CC[C@]3(C)C(=CC[C@@H]4[C@@]5(C)CC(O)C(O)(O)C(C)(CC(=O)O)C5CC[C@]43C)[C@H]2C1. The van der Waals surface area contributed by atoms with E-state index in [9.17, 15) is 35.1 Å². The van der Waals surface area contributed by atoms with E-state index in [-0.39, 0.29) is 52.3 Å². The fraction of sp³-hybridized carbons (Fsp3) is 0.875. The minimum atomic E-state index is -2.47. The lowest BCUT2D eigenvalue weighted by atomic mass is 9.33. The van der Waals surface area contributed by atoms with Crippen LogP contribution < -0.4 is 0 Å². The molecule has 220 valence electrons. The van der Waals surface area contributed by atoms with Crippen LogP contribution in [0.1, 0.15) is 112 Å². The molecule has 0 aromatic carbocycles. The second-order valence-corrected chi connectivity index (χ2v) is 16.1. The summed E-state index contributed by atoms with van der Waals surface area (Å²) >= 11 is 0. The van der Waals surface area contributed by atoms with Crippen molar-refractivity contribution >= 4 is 11.9 Å². The summed E-state index contributed by atoms with van der Waals surface area (Å²) in [6.07, 6.45) is 8.11. The molecule has 5 aliphatic carbocycles. The number of aliphatic hydroxyl groups is 3.